The van der Waals surface area contributed by atoms with Gasteiger partial charge in [-0.05, 0) is 35.4 Å². The lowest BCUT2D eigenvalue weighted by Crippen LogP contribution is -2.36. The van der Waals surface area contributed by atoms with Crippen molar-refractivity contribution in [2.45, 2.75) is 26.0 Å². The normalized spacial score (nSPS) is 11.9. The van der Waals surface area contributed by atoms with Gasteiger partial charge >= 0.3 is 18.5 Å². The van der Waals surface area contributed by atoms with Crippen LogP contribution >= 0.6 is 0 Å². The number of hydrogen-bond acceptors (Lipinski definition) is 6. The summed E-state index contributed by atoms with van der Waals surface area (Å²) in [6.45, 7) is -0.172. The zero-order chi connectivity index (χ0) is 26.7. The standard InChI is InChI=1S/C22H17F6N3O5/c1-12(32)35-11-18(33)29-8-9-31-17-10-14(13-2-5-15(6-3-13)36-22(26,27)28)4-7-16(17)30-19(20(31)34)21(23,24)25/h2-7,10H,8-9,11H2,1H3,(H,29,33). The molecule has 1 aromatic heterocycles. The SMILES string of the molecule is CC(=O)OCC(=O)NCCn1c(=O)c(C(F)(F)F)nc2ccc(-c3ccc(OC(F)(F)F)cc3)cc21. The number of rotatable bonds is 7. The highest BCUT2D eigenvalue weighted by atomic mass is 19.4. The Bertz CT molecular complexity index is 1330. The van der Waals surface area contributed by atoms with Crippen molar-refractivity contribution in [2.24, 2.45) is 0 Å². The van der Waals surface area contributed by atoms with E-state index in [1.807, 2.05) is 0 Å². The van der Waals surface area contributed by atoms with Crippen molar-refractivity contribution in [1.29, 1.82) is 0 Å². The number of ether oxygens (including phenoxy) is 2. The number of halogens is 6. The first kappa shape index (κ1) is 26.5. The lowest BCUT2D eigenvalue weighted by atomic mass is 10.0. The van der Waals surface area contributed by atoms with Crippen LogP contribution in [0.15, 0.2) is 47.3 Å². The fourth-order valence-corrected chi connectivity index (χ4v) is 3.20. The summed E-state index contributed by atoms with van der Waals surface area (Å²) in [5.74, 6) is -1.90. The molecular weight excluding hydrogens is 500 g/mol. The van der Waals surface area contributed by atoms with E-state index in [4.69, 9.17) is 0 Å². The molecule has 0 bridgehead atoms. The zero-order valence-corrected chi connectivity index (χ0v) is 18.4. The van der Waals surface area contributed by atoms with Crippen LogP contribution in [0.1, 0.15) is 12.6 Å². The molecule has 36 heavy (non-hydrogen) atoms. The van der Waals surface area contributed by atoms with E-state index in [9.17, 15) is 40.7 Å². The number of nitrogens with zero attached hydrogens (tertiary/aromatic N) is 2. The van der Waals surface area contributed by atoms with Gasteiger partial charge in [0, 0.05) is 20.0 Å². The van der Waals surface area contributed by atoms with Crippen molar-refractivity contribution in [2.75, 3.05) is 13.2 Å². The molecular formula is C22H17F6N3O5. The smallest absolute Gasteiger partial charge is 0.456 e. The summed E-state index contributed by atoms with van der Waals surface area (Å²) >= 11 is 0. The van der Waals surface area contributed by atoms with E-state index in [1.54, 1.807) is 0 Å². The highest BCUT2D eigenvalue weighted by Gasteiger charge is 2.37. The Kier molecular flexibility index (Phi) is 7.55. The Morgan fingerprint density at radius 2 is 1.64 bits per heavy atom. The highest BCUT2D eigenvalue weighted by molar-refractivity contribution is 5.82. The number of carbonyl (C=O) groups is 2. The summed E-state index contributed by atoms with van der Waals surface area (Å²) in [6.07, 6.45) is -9.92. The number of alkyl halides is 6. The molecule has 1 amide bonds. The fraction of sp³-hybridized carbons (Fsp3) is 0.273. The second-order valence-corrected chi connectivity index (χ2v) is 7.32. The average molecular weight is 517 g/mol. The molecule has 1 N–H and O–H groups in total. The van der Waals surface area contributed by atoms with Crippen molar-refractivity contribution in [3.8, 4) is 16.9 Å². The highest BCUT2D eigenvalue weighted by Crippen LogP contribution is 2.30. The third kappa shape index (κ3) is 6.73. The van der Waals surface area contributed by atoms with Gasteiger partial charge in [0.05, 0.1) is 11.0 Å². The van der Waals surface area contributed by atoms with Crippen LogP contribution in [0.5, 0.6) is 5.75 Å². The minimum absolute atomic E-state index is 0.00430. The van der Waals surface area contributed by atoms with Gasteiger partial charge in [0.25, 0.3) is 11.5 Å². The maximum Gasteiger partial charge on any atom is 0.573 e. The van der Waals surface area contributed by atoms with Gasteiger partial charge in [-0.2, -0.15) is 13.2 Å². The average Bonchev–Trinajstić information content (AvgIpc) is 2.77. The van der Waals surface area contributed by atoms with Gasteiger partial charge in [-0.3, -0.25) is 14.4 Å². The minimum atomic E-state index is -5.04. The lowest BCUT2D eigenvalue weighted by Gasteiger charge is -2.15. The first-order valence-electron chi connectivity index (χ1n) is 10.1. The molecule has 1 heterocycles. The molecule has 8 nitrogen and oxygen atoms in total. The molecule has 0 saturated carbocycles. The summed E-state index contributed by atoms with van der Waals surface area (Å²) in [5, 5.41) is 2.32. The Hall–Kier alpha value is -4.10. The largest absolute Gasteiger partial charge is 0.573 e. The summed E-state index contributed by atoms with van der Waals surface area (Å²) in [4.78, 5) is 38.6. The van der Waals surface area contributed by atoms with Crippen LogP contribution < -0.4 is 15.6 Å². The Morgan fingerprint density at radius 3 is 2.22 bits per heavy atom. The lowest BCUT2D eigenvalue weighted by molar-refractivity contribution is -0.274. The van der Waals surface area contributed by atoms with Gasteiger partial charge in [-0.1, -0.05) is 18.2 Å². The quantitative estimate of drug-likeness (QED) is 0.380. The topological polar surface area (TPSA) is 99.5 Å². The van der Waals surface area contributed by atoms with Crippen LogP contribution in [-0.2, 0) is 27.0 Å². The van der Waals surface area contributed by atoms with E-state index in [0.717, 1.165) is 23.6 Å². The Morgan fingerprint density at radius 1 is 1.00 bits per heavy atom. The van der Waals surface area contributed by atoms with E-state index in [2.05, 4.69) is 19.8 Å². The molecule has 0 aliphatic carbocycles. The van der Waals surface area contributed by atoms with Gasteiger partial charge in [0.15, 0.2) is 6.61 Å². The Labute approximate surface area is 198 Å². The van der Waals surface area contributed by atoms with Gasteiger partial charge < -0.3 is 19.4 Å². The van der Waals surface area contributed by atoms with E-state index < -0.39 is 48.0 Å². The number of hydrogen-bond donors (Lipinski definition) is 1. The number of fused-ring (bicyclic) bond motifs is 1. The number of aromatic nitrogens is 2. The van der Waals surface area contributed by atoms with Crippen LogP contribution in [0, 0.1) is 0 Å². The molecule has 0 atom stereocenters. The van der Waals surface area contributed by atoms with E-state index in [-0.39, 0.29) is 24.1 Å². The van der Waals surface area contributed by atoms with Crippen LogP contribution in [0.2, 0.25) is 0 Å². The molecule has 0 radical (unpaired) electrons. The number of carbonyl (C=O) groups excluding carboxylic acids is 2. The molecule has 3 rings (SSSR count). The molecule has 2 aromatic carbocycles. The maximum atomic E-state index is 13.4. The summed E-state index contributed by atoms with van der Waals surface area (Å²) in [7, 11) is 0. The summed E-state index contributed by atoms with van der Waals surface area (Å²) in [5.41, 5.74) is -2.52. The van der Waals surface area contributed by atoms with Crippen LogP contribution in [0.25, 0.3) is 22.2 Å². The molecule has 0 saturated heterocycles. The number of esters is 1. The first-order chi connectivity index (χ1) is 16.7. The van der Waals surface area contributed by atoms with Crippen molar-refractivity contribution in [3.05, 3.63) is 58.5 Å². The third-order valence-electron chi connectivity index (χ3n) is 4.70. The van der Waals surface area contributed by atoms with Crippen molar-refractivity contribution >= 4 is 22.9 Å². The van der Waals surface area contributed by atoms with E-state index in [0.29, 0.717) is 11.1 Å². The van der Waals surface area contributed by atoms with Crippen molar-refractivity contribution in [3.63, 3.8) is 0 Å². The van der Waals surface area contributed by atoms with Crippen LogP contribution in [0.3, 0.4) is 0 Å². The van der Waals surface area contributed by atoms with E-state index >= 15 is 0 Å². The fourth-order valence-electron chi connectivity index (χ4n) is 3.20. The molecule has 192 valence electrons. The van der Waals surface area contributed by atoms with Crippen LogP contribution in [0.4, 0.5) is 26.3 Å². The maximum absolute atomic E-state index is 13.4. The minimum Gasteiger partial charge on any atom is -0.456 e. The predicted molar refractivity (Wildman–Crippen MR) is 113 cm³/mol. The predicted octanol–water partition coefficient (Wildman–Crippen LogP) is 3.66. The zero-order valence-electron chi connectivity index (χ0n) is 18.4. The third-order valence-corrected chi connectivity index (χ3v) is 4.70. The summed E-state index contributed by atoms with van der Waals surface area (Å²) in [6, 6.07) is 8.70. The van der Waals surface area contributed by atoms with Crippen molar-refractivity contribution < 1.29 is 45.4 Å². The number of benzene rings is 2. The molecule has 0 spiro atoms. The monoisotopic (exact) mass is 517 g/mol. The number of amides is 1. The Balaban J connectivity index is 1.97. The second-order valence-electron chi connectivity index (χ2n) is 7.32. The molecule has 14 heteroatoms. The van der Waals surface area contributed by atoms with Crippen molar-refractivity contribution in [1.82, 2.24) is 14.9 Å². The molecule has 3 aromatic rings. The second kappa shape index (κ2) is 10.3. The number of nitrogens with one attached hydrogen (secondary N) is 1. The molecule has 0 unspecified atom stereocenters. The van der Waals surface area contributed by atoms with Gasteiger partial charge in [-0.25, -0.2) is 4.98 Å². The van der Waals surface area contributed by atoms with Gasteiger partial charge in [0.2, 0.25) is 5.69 Å². The van der Waals surface area contributed by atoms with Gasteiger partial charge in [0.1, 0.15) is 5.75 Å². The van der Waals surface area contributed by atoms with Gasteiger partial charge in [-0.15, -0.1) is 13.2 Å². The van der Waals surface area contributed by atoms with E-state index in [1.165, 1.54) is 30.3 Å². The molecule has 0 fully saturated rings. The summed E-state index contributed by atoms with van der Waals surface area (Å²) < 4.78 is 86.4. The van der Waals surface area contributed by atoms with Crippen LogP contribution in [-0.4, -0.2) is 40.9 Å². The first-order valence-corrected chi connectivity index (χ1v) is 10.1. The molecule has 0 aliphatic heterocycles. The molecule has 0 aliphatic rings.